The second-order valence-electron chi connectivity index (χ2n) is 5.96. The molecule has 0 saturated carbocycles. The molecule has 140 valence electrons. The van der Waals surface area contributed by atoms with Gasteiger partial charge in [-0.2, -0.15) is 13.2 Å². The molecule has 0 spiro atoms. The lowest BCUT2D eigenvalue weighted by Crippen LogP contribution is -2.27. The summed E-state index contributed by atoms with van der Waals surface area (Å²) in [6, 6.07) is 10.6. The minimum atomic E-state index is -4.47. The number of nitrogens with zero attached hydrogens (tertiary/aromatic N) is 3. The highest BCUT2D eigenvalue weighted by molar-refractivity contribution is 7.17. The van der Waals surface area contributed by atoms with Gasteiger partial charge in [0, 0.05) is 19.8 Å². The number of pyridine rings is 1. The fraction of sp³-hybridized carbons (Fsp3) is 0.211. The normalized spacial score (nSPS) is 11.4. The van der Waals surface area contributed by atoms with Gasteiger partial charge in [-0.15, -0.1) is 11.3 Å². The van der Waals surface area contributed by atoms with Gasteiger partial charge in [0.25, 0.3) is 5.91 Å². The molecular weight excluding hydrogens is 375 g/mol. The Kier molecular flexibility index (Phi) is 5.27. The van der Waals surface area contributed by atoms with Crippen LogP contribution in [-0.4, -0.2) is 27.8 Å². The molecule has 0 aliphatic rings. The van der Waals surface area contributed by atoms with Crippen molar-refractivity contribution in [1.82, 2.24) is 14.9 Å². The van der Waals surface area contributed by atoms with E-state index < -0.39 is 11.7 Å². The van der Waals surface area contributed by atoms with Crippen LogP contribution in [0.3, 0.4) is 0 Å². The minimum absolute atomic E-state index is 0.0490. The number of carbonyl (C=O) groups excluding carboxylic acids is 1. The number of carbonyl (C=O) groups is 1. The van der Waals surface area contributed by atoms with Gasteiger partial charge >= 0.3 is 6.18 Å². The monoisotopic (exact) mass is 391 g/mol. The number of hydrogen-bond acceptors (Lipinski definition) is 4. The minimum Gasteiger partial charge on any atom is -0.337 e. The highest BCUT2D eigenvalue weighted by Gasteiger charge is 2.33. The molecule has 0 atom stereocenters. The van der Waals surface area contributed by atoms with Crippen LogP contribution in [0.25, 0.3) is 10.7 Å². The van der Waals surface area contributed by atoms with E-state index in [1.54, 1.807) is 25.3 Å². The van der Waals surface area contributed by atoms with Crippen molar-refractivity contribution in [3.63, 3.8) is 0 Å². The van der Waals surface area contributed by atoms with E-state index in [1.807, 2.05) is 6.07 Å². The molecule has 0 aliphatic heterocycles. The van der Waals surface area contributed by atoms with E-state index in [4.69, 9.17) is 0 Å². The molecule has 8 heteroatoms. The number of alkyl halides is 3. The van der Waals surface area contributed by atoms with Gasteiger partial charge in [0.05, 0.1) is 17.0 Å². The van der Waals surface area contributed by atoms with Crippen LogP contribution in [0.5, 0.6) is 0 Å². The van der Waals surface area contributed by atoms with Crippen LogP contribution in [0.15, 0.2) is 48.7 Å². The van der Waals surface area contributed by atoms with Crippen LogP contribution in [0.1, 0.15) is 26.5 Å². The van der Waals surface area contributed by atoms with Crippen LogP contribution in [-0.2, 0) is 12.7 Å². The van der Waals surface area contributed by atoms with Crippen molar-refractivity contribution in [2.24, 2.45) is 0 Å². The molecule has 0 unspecified atom stereocenters. The van der Waals surface area contributed by atoms with Crippen molar-refractivity contribution in [3.05, 3.63) is 70.4 Å². The maximum Gasteiger partial charge on any atom is 0.416 e. The van der Waals surface area contributed by atoms with Crippen LogP contribution in [0, 0.1) is 6.92 Å². The number of benzene rings is 1. The first-order valence-corrected chi connectivity index (χ1v) is 8.88. The van der Waals surface area contributed by atoms with Gasteiger partial charge in [0.2, 0.25) is 0 Å². The maximum absolute atomic E-state index is 13.2. The Labute approximate surface area is 158 Å². The van der Waals surface area contributed by atoms with Gasteiger partial charge in [0.1, 0.15) is 9.88 Å². The Morgan fingerprint density at radius 3 is 2.52 bits per heavy atom. The zero-order valence-corrected chi connectivity index (χ0v) is 15.4. The third-order valence-electron chi connectivity index (χ3n) is 3.95. The lowest BCUT2D eigenvalue weighted by molar-refractivity contribution is -0.138. The Morgan fingerprint density at radius 2 is 1.85 bits per heavy atom. The predicted octanol–water partition coefficient (Wildman–Crippen LogP) is 4.80. The largest absolute Gasteiger partial charge is 0.416 e. The molecule has 0 fully saturated rings. The van der Waals surface area contributed by atoms with E-state index in [0.29, 0.717) is 21.3 Å². The molecule has 2 aromatic heterocycles. The van der Waals surface area contributed by atoms with Gasteiger partial charge in [0.15, 0.2) is 0 Å². The highest BCUT2D eigenvalue weighted by Crippen LogP contribution is 2.33. The summed E-state index contributed by atoms with van der Waals surface area (Å²) < 4.78 is 39.5. The first-order valence-electron chi connectivity index (χ1n) is 8.06. The van der Waals surface area contributed by atoms with E-state index in [9.17, 15) is 18.0 Å². The second kappa shape index (κ2) is 7.48. The number of aromatic nitrogens is 2. The summed E-state index contributed by atoms with van der Waals surface area (Å²) in [7, 11) is 1.48. The summed E-state index contributed by atoms with van der Waals surface area (Å²) in [6.45, 7) is 1.55. The number of amides is 1. The Balaban J connectivity index is 1.84. The molecule has 3 aromatic rings. The van der Waals surface area contributed by atoms with Gasteiger partial charge in [-0.3, -0.25) is 9.78 Å². The van der Waals surface area contributed by atoms with Gasteiger partial charge < -0.3 is 4.90 Å². The first-order chi connectivity index (χ1) is 12.8. The molecule has 2 heterocycles. The van der Waals surface area contributed by atoms with Crippen molar-refractivity contribution < 1.29 is 18.0 Å². The van der Waals surface area contributed by atoms with Gasteiger partial charge in [-0.25, -0.2) is 4.98 Å². The van der Waals surface area contributed by atoms with Crippen molar-refractivity contribution in [2.75, 3.05) is 7.05 Å². The smallest absolute Gasteiger partial charge is 0.337 e. The third kappa shape index (κ3) is 4.16. The Bertz CT molecular complexity index is 954. The summed E-state index contributed by atoms with van der Waals surface area (Å²) >= 11 is 1.18. The molecule has 3 rings (SSSR count). The first kappa shape index (κ1) is 19.0. The fourth-order valence-corrected chi connectivity index (χ4v) is 3.67. The highest BCUT2D eigenvalue weighted by atomic mass is 32.1. The van der Waals surface area contributed by atoms with E-state index >= 15 is 0 Å². The summed E-state index contributed by atoms with van der Waals surface area (Å²) in [5.41, 5.74) is 0.490. The average Bonchev–Trinajstić information content (AvgIpc) is 3.03. The number of halogens is 3. The molecule has 0 aliphatic carbocycles. The zero-order valence-electron chi connectivity index (χ0n) is 14.6. The SMILES string of the molecule is Cc1nc(-c2ccccn2)sc1C(=O)N(C)Cc1ccccc1C(F)(F)F. The average molecular weight is 391 g/mol. The molecule has 0 bridgehead atoms. The second-order valence-corrected chi connectivity index (χ2v) is 6.96. The molecule has 0 radical (unpaired) electrons. The van der Waals surface area contributed by atoms with Crippen molar-refractivity contribution >= 4 is 17.2 Å². The van der Waals surface area contributed by atoms with Gasteiger partial charge in [-0.1, -0.05) is 24.3 Å². The van der Waals surface area contributed by atoms with E-state index in [-0.39, 0.29) is 18.0 Å². The molecule has 27 heavy (non-hydrogen) atoms. The van der Waals surface area contributed by atoms with Crippen LogP contribution in [0.2, 0.25) is 0 Å². The Hall–Kier alpha value is -2.74. The molecule has 0 N–H and O–H groups in total. The summed E-state index contributed by atoms with van der Waals surface area (Å²) in [6.07, 6.45) is -2.83. The van der Waals surface area contributed by atoms with E-state index in [2.05, 4.69) is 9.97 Å². The zero-order chi connectivity index (χ0) is 19.6. The van der Waals surface area contributed by atoms with Crippen LogP contribution < -0.4 is 0 Å². The quantitative estimate of drug-likeness (QED) is 0.642. The summed E-state index contributed by atoms with van der Waals surface area (Å²) in [4.78, 5) is 23.0. The predicted molar refractivity (Wildman–Crippen MR) is 97.3 cm³/mol. The topological polar surface area (TPSA) is 46.1 Å². The maximum atomic E-state index is 13.2. The van der Waals surface area contributed by atoms with Crippen molar-refractivity contribution in [3.8, 4) is 10.7 Å². The fourth-order valence-electron chi connectivity index (χ4n) is 2.63. The van der Waals surface area contributed by atoms with E-state index in [1.165, 1.54) is 41.5 Å². The van der Waals surface area contributed by atoms with Crippen LogP contribution in [0.4, 0.5) is 13.2 Å². The number of thiazole rings is 1. The third-order valence-corrected chi connectivity index (χ3v) is 5.12. The number of hydrogen-bond donors (Lipinski definition) is 0. The van der Waals surface area contributed by atoms with E-state index in [0.717, 1.165) is 6.07 Å². The lowest BCUT2D eigenvalue weighted by atomic mass is 10.1. The number of aryl methyl sites for hydroxylation is 1. The lowest BCUT2D eigenvalue weighted by Gasteiger charge is -2.19. The summed E-state index contributed by atoms with van der Waals surface area (Å²) in [5.74, 6) is -0.371. The molecule has 4 nitrogen and oxygen atoms in total. The van der Waals surface area contributed by atoms with Crippen molar-refractivity contribution in [2.45, 2.75) is 19.6 Å². The van der Waals surface area contributed by atoms with Crippen LogP contribution >= 0.6 is 11.3 Å². The Morgan fingerprint density at radius 1 is 1.15 bits per heavy atom. The number of rotatable bonds is 4. The molecular formula is C19H16F3N3OS. The molecule has 0 saturated heterocycles. The summed E-state index contributed by atoms with van der Waals surface area (Å²) in [5, 5.41) is 0.598. The molecule has 1 aromatic carbocycles. The van der Waals surface area contributed by atoms with Gasteiger partial charge in [-0.05, 0) is 30.7 Å². The van der Waals surface area contributed by atoms with Crippen molar-refractivity contribution in [1.29, 1.82) is 0 Å². The molecule has 1 amide bonds. The standard InChI is InChI=1S/C19H16F3N3OS/c1-12-16(27-17(24-12)15-9-5-6-10-23-15)18(26)25(2)11-13-7-3-4-8-14(13)19(20,21)22/h3-10H,11H2,1-2H3.